The van der Waals surface area contributed by atoms with Crippen LogP contribution in [0.2, 0.25) is 5.15 Å². The fourth-order valence-electron chi connectivity index (χ4n) is 2.37. The topological polar surface area (TPSA) is 63.6 Å². The highest BCUT2D eigenvalue weighted by Gasteiger charge is 2.11. The van der Waals surface area contributed by atoms with E-state index in [1.807, 2.05) is 19.2 Å². The Balaban J connectivity index is 1.85. The lowest BCUT2D eigenvalue weighted by Crippen LogP contribution is -2.17. The van der Waals surface area contributed by atoms with Crippen molar-refractivity contribution in [3.63, 3.8) is 0 Å². The lowest BCUT2D eigenvalue weighted by atomic mass is 10.2. The van der Waals surface area contributed by atoms with E-state index in [1.165, 1.54) is 11.8 Å². The van der Waals surface area contributed by atoms with E-state index in [4.69, 9.17) is 11.6 Å². The predicted octanol–water partition coefficient (Wildman–Crippen LogP) is 4.20. The van der Waals surface area contributed by atoms with Gasteiger partial charge in [0.25, 0.3) is 0 Å². The van der Waals surface area contributed by atoms with Gasteiger partial charge in [0.2, 0.25) is 0 Å². The molecule has 0 radical (unpaired) electrons. The van der Waals surface area contributed by atoms with E-state index < -0.39 is 0 Å². The van der Waals surface area contributed by atoms with Crippen molar-refractivity contribution in [1.82, 2.24) is 19.7 Å². The number of hydrogen-bond acceptors (Lipinski definition) is 5. The summed E-state index contributed by atoms with van der Waals surface area (Å²) in [5.74, 6) is 0.611. The summed E-state index contributed by atoms with van der Waals surface area (Å²) in [6.07, 6.45) is 2.91. The molecule has 2 heterocycles. The number of rotatable bonds is 6. The fourth-order valence-corrected chi connectivity index (χ4v) is 4.04. The highest BCUT2D eigenvalue weighted by atomic mass is 35.5. The van der Waals surface area contributed by atoms with Crippen LogP contribution in [-0.4, -0.2) is 26.0 Å². The second kappa shape index (κ2) is 7.63. The Hall–Kier alpha value is -1.44. The normalized spacial score (nSPS) is 11.3. The minimum absolute atomic E-state index is 0.174. The largest absolute Gasteiger partial charge is 0.343 e. The zero-order valence-corrected chi connectivity index (χ0v) is 15.8. The van der Waals surface area contributed by atoms with Gasteiger partial charge < -0.3 is 0 Å². The van der Waals surface area contributed by atoms with Crippen molar-refractivity contribution in [2.24, 2.45) is 0 Å². The molecule has 126 valence electrons. The summed E-state index contributed by atoms with van der Waals surface area (Å²) < 4.78 is 1.65. The molecule has 0 saturated carbocycles. The Labute approximate surface area is 153 Å². The monoisotopic (exact) mass is 380 g/mol. The summed E-state index contributed by atoms with van der Waals surface area (Å²) >= 11 is 9.50. The highest BCUT2D eigenvalue weighted by molar-refractivity contribution is 7.98. The third kappa shape index (κ3) is 3.63. The summed E-state index contributed by atoms with van der Waals surface area (Å²) in [6, 6.07) is 8.22. The molecule has 5 nitrogen and oxygen atoms in total. The van der Waals surface area contributed by atoms with Crippen molar-refractivity contribution in [3.05, 3.63) is 45.5 Å². The van der Waals surface area contributed by atoms with Gasteiger partial charge in [-0.3, -0.25) is 4.57 Å². The Morgan fingerprint density at radius 2 is 2.17 bits per heavy atom. The van der Waals surface area contributed by atoms with E-state index in [0.29, 0.717) is 22.6 Å². The predicted molar refractivity (Wildman–Crippen MR) is 101 cm³/mol. The van der Waals surface area contributed by atoms with Crippen molar-refractivity contribution in [3.8, 4) is 0 Å². The molecule has 0 unspecified atom stereocenters. The van der Waals surface area contributed by atoms with Crippen LogP contribution in [0.25, 0.3) is 10.9 Å². The maximum atomic E-state index is 11.7. The van der Waals surface area contributed by atoms with E-state index >= 15 is 0 Å². The first-order valence-electron chi connectivity index (χ1n) is 7.53. The quantitative estimate of drug-likeness (QED) is 0.513. The first-order valence-corrected chi connectivity index (χ1v) is 10.1. The Bertz CT molecular complexity index is 922. The Kier molecular flexibility index (Phi) is 5.53. The first kappa shape index (κ1) is 17.4. The SMILES string of the molecule is CCCn1c(SCc2cc3ccc(SC)cc3nc2Cl)n[nH]c1=O. The van der Waals surface area contributed by atoms with Crippen molar-refractivity contribution >= 4 is 46.0 Å². The van der Waals surface area contributed by atoms with E-state index in [1.54, 1.807) is 16.3 Å². The van der Waals surface area contributed by atoms with Crippen LogP contribution in [0.1, 0.15) is 18.9 Å². The van der Waals surface area contributed by atoms with E-state index in [-0.39, 0.29) is 5.69 Å². The number of nitrogens with zero attached hydrogens (tertiary/aromatic N) is 3. The standard InChI is InChI=1S/C16H17ClN4OS2/c1-3-6-21-15(22)19-20-16(21)24-9-11-7-10-4-5-12(23-2)8-13(10)18-14(11)17/h4-5,7-8H,3,6,9H2,1-2H3,(H,19,22). The smallest absolute Gasteiger partial charge is 0.270 e. The van der Waals surface area contributed by atoms with E-state index in [0.717, 1.165) is 27.8 Å². The summed E-state index contributed by atoms with van der Waals surface area (Å²) in [5, 5.41) is 8.81. The molecule has 0 aliphatic rings. The zero-order chi connectivity index (χ0) is 17.1. The molecule has 0 aliphatic heterocycles. The molecule has 0 atom stereocenters. The molecule has 0 fully saturated rings. The number of fused-ring (bicyclic) bond motifs is 1. The van der Waals surface area contributed by atoms with Gasteiger partial charge in [-0.15, -0.1) is 16.9 Å². The molecule has 2 aromatic heterocycles. The van der Waals surface area contributed by atoms with Crippen LogP contribution in [0, 0.1) is 0 Å². The van der Waals surface area contributed by atoms with Crippen LogP contribution in [0.5, 0.6) is 0 Å². The molecule has 1 N–H and O–H groups in total. The van der Waals surface area contributed by atoms with Crippen LogP contribution in [-0.2, 0) is 12.3 Å². The molecule has 0 amide bonds. The molecule has 0 bridgehead atoms. The van der Waals surface area contributed by atoms with Crippen molar-refractivity contribution in [2.75, 3.05) is 6.26 Å². The van der Waals surface area contributed by atoms with Gasteiger partial charge >= 0.3 is 5.69 Å². The maximum Gasteiger partial charge on any atom is 0.343 e. The summed E-state index contributed by atoms with van der Waals surface area (Å²) in [7, 11) is 0. The number of H-pyrrole nitrogens is 1. The van der Waals surface area contributed by atoms with Crippen LogP contribution >= 0.6 is 35.1 Å². The number of aromatic amines is 1. The molecular formula is C16H17ClN4OS2. The maximum absolute atomic E-state index is 11.7. The number of thioether (sulfide) groups is 2. The van der Waals surface area contributed by atoms with Crippen LogP contribution in [0.15, 0.2) is 39.1 Å². The average molecular weight is 381 g/mol. The van der Waals surface area contributed by atoms with E-state index in [9.17, 15) is 4.79 Å². The molecule has 1 aromatic carbocycles. The molecule has 8 heteroatoms. The van der Waals surface area contributed by atoms with Crippen molar-refractivity contribution < 1.29 is 0 Å². The van der Waals surface area contributed by atoms with Gasteiger partial charge in [0, 0.05) is 28.1 Å². The minimum Gasteiger partial charge on any atom is -0.270 e. The third-order valence-electron chi connectivity index (χ3n) is 3.58. The van der Waals surface area contributed by atoms with Gasteiger partial charge in [-0.25, -0.2) is 14.9 Å². The minimum atomic E-state index is -0.174. The first-order chi connectivity index (χ1) is 11.6. The molecule has 0 aliphatic carbocycles. The Morgan fingerprint density at radius 3 is 2.92 bits per heavy atom. The molecule has 0 saturated heterocycles. The number of nitrogens with one attached hydrogen (secondary N) is 1. The molecule has 24 heavy (non-hydrogen) atoms. The van der Waals surface area contributed by atoms with Crippen LogP contribution in [0.3, 0.4) is 0 Å². The lowest BCUT2D eigenvalue weighted by molar-refractivity contribution is 0.604. The summed E-state index contributed by atoms with van der Waals surface area (Å²) in [4.78, 5) is 17.4. The van der Waals surface area contributed by atoms with Crippen molar-refractivity contribution in [1.29, 1.82) is 0 Å². The zero-order valence-electron chi connectivity index (χ0n) is 13.4. The average Bonchev–Trinajstić information content (AvgIpc) is 2.93. The molecular weight excluding hydrogens is 364 g/mol. The number of benzene rings is 1. The van der Waals surface area contributed by atoms with Gasteiger partial charge in [-0.1, -0.05) is 36.4 Å². The number of pyridine rings is 1. The fraction of sp³-hybridized carbons (Fsp3) is 0.312. The van der Waals surface area contributed by atoms with Gasteiger partial charge in [0.1, 0.15) is 5.15 Å². The van der Waals surface area contributed by atoms with E-state index in [2.05, 4.69) is 33.4 Å². The molecule has 3 rings (SSSR count). The van der Waals surface area contributed by atoms with Crippen LogP contribution < -0.4 is 5.69 Å². The second-order valence-corrected chi connectivity index (χ2v) is 7.43. The number of halogens is 1. The molecule has 0 spiro atoms. The van der Waals surface area contributed by atoms with Gasteiger partial charge in [-0.2, -0.15) is 0 Å². The second-order valence-electron chi connectivity index (χ2n) is 5.25. The molecule has 3 aromatic rings. The van der Waals surface area contributed by atoms with Gasteiger partial charge in [0.05, 0.1) is 5.52 Å². The number of aromatic nitrogens is 4. The summed E-state index contributed by atoms with van der Waals surface area (Å²) in [5.41, 5.74) is 1.65. The Morgan fingerprint density at radius 1 is 1.33 bits per heavy atom. The lowest BCUT2D eigenvalue weighted by Gasteiger charge is -2.07. The highest BCUT2D eigenvalue weighted by Crippen LogP contribution is 2.28. The number of hydrogen-bond donors (Lipinski definition) is 1. The van der Waals surface area contributed by atoms with Gasteiger partial charge in [0.15, 0.2) is 5.16 Å². The van der Waals surface area contributed by atoms with Gasteiger partial charge in [-0.05, 0) is 30.9 Å². The van der Waals surface area contributed by atoms with Crippen LogP contribution in [0.4, 0.5) is 0 Å². The third-order valence-corrected chi connectivity index (χ3v) is 5.66. The van der Waals surface area contributed by atoms with Crippen molar-refractivity contribution in [2.45, 2.75) is 35.7 Å². The summed E-state index contributed by atoms with van der Waals surface area (Å²) in [6.45, 7) is 2.68.